The van der Waals surface area contributed by atoms with Gasteiger partial charge in [-0.2, -0.15) is 5.10 Å². The van der Waals surface area contributed by atoms with E-state index in [1.807, 2.05) is 38.1 Å². The lowest BCUT2D eigenvalue weighted by Crippen LogP contribution is -2.29. The van der Waals surface area contributed by atoms with Crippen molar-refractivity contribution in [2.45, 2.75) is 26.4 Å². The van der Waals surface area contributed by atoms with Crippen LogP contribution in [-0.2, 0) is 4.79 Å². The van der Waals surface area contributed by atoms with Crippen molar-refractivity contribution in [3.63, 3.8) is 0 Å². The molecular weight excluding hydrogens is 349 g/mol. The Balaban J connectivity index is 1.75. The van der Waals surface area contributed by atoms with Crippen LogP contribution in [0.3, 0.4) is 0 Å². The van der Waals surface area contributed by atoms with E-state index < -0.39 is 11.7 Å². The van der Waals surface area contributed by atoms with Gasteiger partial charge >= 0.3 is 0 Å². The number of hydrogen-bond acceptors (Lipinski definition) is 4. The average molecular weight is 371 g/mol. The van der Waals surface area contributed by atoms with Gasteiger partial charge in [0.25, 0.3) is 5.91 Å². The van der Waals surface area contributed by atoms with E-state index in [2.05, 4.69) is 15.8 Å². The molecule has 0 heterocycles. The number of halogens is 1. The van der Waals surface area contributed by atoms with Crippen LogP contribution in [0.5, 0.6) is 5.75 Å². The Kier molecular flexibility index (Phi) is 7.49. The van der Waals surface area contributed by atoms with Crippen molar-refractivity contribution < 1.29 is 18.7 Å². The van der Waals surface area contributed by atoms with Gasteiger partial charge in [0.2, 0.25) is 5.91 Å². The van der Waals surface area contributed by atoms with E-state index in [0.717, 1.165) is 11.3 Å². The maximum Gasteiger partial charge on any atom is 0.254 e. The monoisotopic (exact) mass is 371 g/mol. The zero-order valence-corrected chi connectivity index (χ0v) is 15.2. The second-order valence-electron chi connectivity index (χ2n) is 6.02. The van der Waals surface area contributed by atoms with E-state index in [0.29, 0.717) is 0 Å². The first-order valence-corrected chi connectivity index (χ1v) is 8.57. The number of nitrogens with zero attached hydrogens (tertiary/aromatic N) is 1. The van der Waals surface area contributed by atoms with E-state index in [1.54, 1.807) is 6.07 Å². The zero-order chi connectivity index (χ0) is 19.6. The Morgan fingerprint density at radius 3 is 2.70 bits per heavy atom. The van der Waals surface area contributed by atoms with Crippen LogP contribution < -0.4 is 15.5 Å². The topological polar surface area (TPSA) is 79.8 Å². The van der Waals surface area contributed by atoms with Crippen LogP contribution in [0.25, 0.3) is 0 Å². The summed E-state index contributed by atoms with van der Waals surface area (Å²) in [5.74, 6) is -0.815. The third-order valence-electron chi connectivity index (χ3n) is 3.39. The molecule has 0 atom stereocenters. The minimum absolute atomic E-state index is 0.0219. The Labute approximate surface area is 157 Å². The summed E-state index contributed by atoms with van der Waals surface area (Å²) in [6.07, 6.45) is 1.59. The average Bonchev–Trinajstić information content (AvgIpc) is 2.62. The van der Waals surface area contributed by atoms with Gasteiger partial charge < -0.3 is 10.1 Å². The highest BCUT2D eigenvalue weighted by atomic mass is 19.1. The van der Waals surface area contributed by atoms with Crippen molar-refractivity contribution in [1.29, 1.82) is 0 Å². The van der Waals surface area contributed by atoms with Gasteiger partial charge in [0.1, 0.15) is 11.6 Å². The number of hydrazone groups is 1. The van der Waals surface area contributed by atoms with Crippen LogP contribution >= 0.6 is 0 Å². The molecule has 0 unspecified atom stereocenters. The van der Waals surface area contributed by atoms with Gasteiger partial charge in [-0.25, -0.2) is 9.82 Å². The molecule has 0 saturated heterocycles. The lowest BCUT2D eigenvalue weighted by molar-refractivity contribution is -0.120. The number of rotatable bonds is 8. The van der Waals surface area contributed by atoms with Gasteiger partial charge in [0.05, 0.1) is 17.9 Å². The first kappa shape index (κ1) is 20.1. The lowest BCUT2D eigenvalue weighted by Gasteiger charge is -2.09. The molecule has 0 saturated carbocycles. The van der Waals surface area contributed by atoms with Gasteiger partial charge in [-0.1, -0.05) is 24.3 Å². The molecule has 27 heavy (non-hydrogen) atoms. The molecule has 2 aromatic rings. The number of carbonyl (C=O) groups is 2. The van der Waals surface area contributed by atoms with E-state index in [1.165, 1.54) is 24.4 Å². The van der Waals surface area contributed by atoms with Crippen LogP contribution in [0.4, 0.5) is 4.39 Å². The van der Waals surface area contributed by atoms with E-state index in [4.69, 9.17) is 4.74 Å². The van der Waals surface area contributed by atoms with E-state index in [-0.39, 0.29) is 30.5 Å². The predicted octanol–water partition coefficient (Wildman–Crippen LogP) is 2.88. The molecule has 7 heteroatoms. The Morgan fingerprint density at radius 1 is 1.19 bits per heavy atom. The highest BCUT2D eigenvalue weighted by molar-refractivity contribution is 5.94. The molecule has 0 bridgehead atoms. The minimum Gasteiger partial charge on any atom is -0.491 e. The molecule has 0 radical (unpaired) electrons. The molecule has 2 rings (SSSR count). The van der Waals surface area contributed by atoms with Crippen molar-refractivity contribution in [3.05, 3.63) is 65.5 Å². The third kappa shape index (κ3) is 6.89. The molecule has 0 aromatic heterocycles. The minimum atomic E-state index is -0.604. The first-order chi connectivity index (χ1) is 13.0. The fourth-order valence-corrected chi connectivity index (χ4v) is 2.21. The normalized spacial score (nSPS) is 10.8. The van der Waals surface area contributed by atoms with Crippen LogP contribution in [0.15, 0.2) is 53.6 Å². The Hall–Kier alpha value is -3.22. The predicted molar refractivity (Wildman–Crippen MR) is 101 cm³/mol. The second-order valence-corrected chi connectivity index (χ2v) is 6.02. The second kappa shape index (κ2) is 10.1. The summed E-state index contributed by atoms with van der Waals surface area (Å²) in [4.78, 5) is 23.6. The summed E-state index contributed by atoms with van der Waals surface area (Å²) in [6.45, 7) is 3.95. The maximum atomic E-state index is 13.5. The summed E-state index contributed by atoms with van der Waals surface area (Å²) >= 11 is 0. The summed E-state index contributed by atoms with van der Waals surface area (Å²) in [7, 11) is 0. The molecule has 2 N–H and O–H groups in total. The van der Waals surface area contributed by atoms with Crippen molar-refractivity contribution >= 4 is 18.0 Å². The SMILES string of the molecule is CC(C)Oc1cccc(C=NNC(=O)CCNC(=O)c2ccccc2F)c1. The Morgan fingerprint density at radius 2 is 1.96 bits per heavy atom. The fourth-order valence-electron chi connectivity index (χ4n) is 2.21. The molecule has 0 aliphatic heterocycles. The van der Waals surface area contributed by atoms with Crippen LogP contribution in [0.2, 0.25) is 0 Å². The molecule has 2 amide bonds. The molecule has 0 aliphatic carbocycles. The van der Waals surface area contributed by atoms with Gasteiger partial charge in [0.15, 0.2) is 0 Å². The standard InChI is InChI=1S/C20H22FN3O3/c1-14(2)27-16-7-5-6-15(12-16)13-23-24-19(25)10-11-22-20(26)17-8-3-4-9-18(17)21/h3-9,12-14H,10-11H2,1-2H3,(H,22,26)(H,24,25). The lowest BCUT2D eigenvalue weighted by atomic mass is 10.2. The van der Waals surface area contributed by atoms with Crippen molar-refractivity contribution in [3.8, 4) is 5.75 Å². The van der Waals surface area contributed by atoms with E-state index in [9.17, 15) is 14.0 Å². The van der Waals surface area contributed by atoms with Crippen LogP contribution in [0, 0.1) is 5.82 Å². The number of ether oxygens (including phenoxy) is 1. The summed E-state index contributed by atoms with van der Waals surface area (Å²) < 4.78 is 19.1. The van der Waals surface area contributed by atoms with Crippen molar-refractivity contribution in [1.82, 2.24) is 10.7 Å². The van der Waals surface area contributed by atoms with Crippen molar-refractivity contribution in [2.24, 2.45) is 5.10 Å². The number of carbonyl (C=O) groups excluding carboxylic acids is 2. The molecule has 2 aromatic carbocycles. The van der Waals surface area contributed by atoms with E-state index >= 15 is 0 Å². The van der Waals surface area contributed by atoms with Gasteiger partial charge in [-0.15, -0.1) is 0 Å². The fraction of sp³-hybridized carbons (Fsp3) is 0.250. The smallest absolute Gasteiger partial charge is 0.254 e. The summed E-state index contributed by atoms with van der Waals surface area (Å²) in [6, 6.07) is 13.0. The molecule has 6 nitrogen and oxygen atoms in total. The van der Waals surface area contributed by atoms with Crippen molar-refractivity contribution in [2.75, 3.05) is 6.54 Å². The molecule has 0 aliphatic rings. The van der Waals surface area contributed by atoms with Crippen LogP contribution in [0.1, 0.15) is 36.2 Å². The Bertz CT molecular complexity index is 822. The number of hydrogen-bond donors (Lipinski definition) is 2. The molecular formula is C20H22FN3O3. The van der Waals surface area contributed by atoms with Crippen LogP contribution in [-0.4, -0.2) is 30.7 Å². The quantitative estimate of drug-likeness (QED) is 0.553. The maximum absolute atomic E-state index is 13.5. The summed E-state index contributed by atoms with van der Waals surface area (Å²) in [5, 5.41) is 6.38. The highest BCUT2D eigenvalue weighted by Crippen LogP contribution is 2.13. The first-order valence-electron chi connectivity index (χ1n) is 8.57. The largest absolute Gasteiger partial charge is 0.491 e. The molecule has 0 spiro atoms. The number of benzene rings is 2. The molecule has 142 valence electrons. The highest BCUT2D eigenvalue weighted by Gasteiger charge is 2.10. The van der Waals surface area contributed by atoms with Gasteiger partial charge in [-0.3, -0.25) is 9.59 Å². The molecule has 0 fully saturated rings. The third-order valence-corrected chi connectivity index (χ3v) is 3.39. The number of amides is 2. The summed E-state index contributed by atoms with van der Waals surface area (Å²) in [5.41, 5.74) is 3.10. The van der Waals surface area contributed by atoms with Gasteiger partial charge in [-0.05, 0) is 43.7 Å². The zero-order valence-electron chi connectivity index (χ0n) is 15.2. The van der Waals surface area contributed by atoms with Gasteiger partial charge in [0, 0.05) is 13.0 Å². The number of nitrogens with one attached hydrogen (secondary N) is 2.